The van der Waals surface area contributed by atoms with E-state index in [2.05, 4.69) is 10.6 Å². The van der Waals surface area contributed by atoms with Crippen molar-refractivity contribution in [2.75, 3.05) is 23.8 Å². The molecule has 2 amide bonds. The van der Waals surface area contributed by atoms with Crippen molar-refractivity contribution in [1.82, 2.24) is 0 Å². The molecule has 0 atom stereocenters. The molecule has 1 heterocycles. The van der Waals surface area contributed by atoms with Gasteiger partial charge in [-0.3, -0.25) is 9.59 Å². The van der Waals surface area contributed by atoms with Crippen LogP contribution in [0.4, 0.5) is 11.4 Å². The van der Waals surface area contributed by atoms with Crippen LogP contribution in [0.5, 0.6) is 11.5 Å². The van der Waals surface area contributed by atoms with E-state index >= 15 is 0 Å². The number of hydrogen-bond donors (Lipinski definition) is 2. The Kier molecular flexibility index (Phi) is 3.36. The van der Waals surface area contributed by atoms with Crippen molar-refractivity contribution in [3.05, 3.63) is 12.1 Å². The summed E-state index contributed by atoms with van der Waals surface area (Å²) in [5.74, 6) is 0.662. The Balaban J connectivity index is 2.40. The summed E-state index contributed by atoms with van der Waals surface area (Å²) in [7, 11) is 0. The maximum atomic E-state index is 11.1. The molecule has 1 aliphatic heterocycles. The number of anilines is 2. The summed E-state index contributed by atoms with van der Waals surface area (Å²) in [5.41, 5.74) is 0.976. The SMILES string of the molecule is CC(=O)Nc1cc2c(cc1NC(C)=O)OCCO2. The molecule has 1 aromatic carbocycles. The van der Waals surface area contributed by atoms with Crippen molar-refractivity contribution in [2.24, 2.45) is 0 Å². The maximum absolute atomic E-state index is 11.1. The molecular formula is C12H14N2O4. The lowest BCUT2D eigenvalue weighted by Gasteiger charge is -2.21. The zero-order chi connectivity index (χ0) is 13.1. The van der Waals surface area contributed by atoms with Crippen LogP contribution < -0.4 is 20.1 Å². The van der Waals surface area contributed by atoms with Gasteiger partial charge in [0.15, 0.2) is 11.5 Å². The van der Waals surface area contributed by atoms with E-state index in [4.69, 9.17) is 9.47 Å². The molecule has 96 valence electrons. The third-order valence-electron chi connectivity index (χ3n) is 2.30. The molecule has 0 saturated carbocycles. The van der Waals surface area contributed by atoms with Crippen LogP contribution in [0.15, 0.2) is 12.1 Å². The van der Waals surface area contributed by atoms with E-state index in [1.807, 2.05) is 0 Å². The second-order valence-electron chi connectivity index (χ2n) is 3.90. The van der Waals surface area contributed by atoms with E-state index in [9.17, 15) is 9.59 Å². The standard InChI is InChI=1S/C12H14N2O4/c1-7(15)13-9-5-11-12(18-4-3-17-11)6-10(9)14-8(2)16/h5-6H,3-4H2,1-2H3,(H,13,15)(H,14,16). The number of fused-ring (bicyclic) bond motifs is 1. The minimum Gasteiger partial charge on any atom is -0.486 e. The number of benzene rings is 1. The predicted octanol–water partition coefficient (Wildman–Crippen LogP) is 1.37. The van der Waals surface area contributed by atoms with E-state index in [0.717, 1.165) is 0 Å². The first-order valence-electron chi connectivity index (χ1n) is 5.55. The van der Waals surface area contributed by atoms with Gasteiger partial charge in [0.1, 0.15) is 13.2 Å². The fourth-order valence-electron chi connectivity index (χ4n) is 1.67. The predicted molar refractivity (Wildman–Crippen MR) is 66.0 cm³/mol. The maximum Gasteiger partial charge on any atom is 0.221 e. The molecule has 1 aliphatic rings. The molecular weight excluding hydrogens is 236 g/mol. The van der Waals surface area contributed by atoms with E-state index < -0.39 is 0 Å². The van der Waals surface area contributed by atoms with Gasteiger partial charge in [0, 0.05) is 26.0 Å². The Morgan fingerprint density at radius 3 is 1.67 bits per heavy atom. The van der Waals surface area contributed by atoms with E-state index in [-0.39, 0.29) is 11.8 Å². The molecule has 0 bridgehead atoms. The molecule has 0 unspecified atom stereocenters. The van der Waals surface area contributed by atoms with E-state index in [1.165, 1.54) is 13.8 Å². The van der Waals surface area contributed by atoms with Gasteiger partial charge in [-0.1, -0.05) is 0 Å². The molecule has 2 N–H and O–H groups in total. The van der Waals surface area contributed by atoms with Crippen LogP contribution >= 0.6 is 0 Å². The lowest BCUT2D eigenvalue weighted by Crippen LogP contribution is -2.17. The van der Waals surface area contributed by atoms with E-state index in [0.29, 0.717) is 36.1 Å². The summed E-state index contributed by atoms with van der Waals surface area (Å²) in [6.07, 6.45) is 0. The molecule has 2 rings (SSSR count). The molecule has 18 heavy (non-hydrogen) atoms. The summed E-state index contributed by atoms with van der Waals surface area (Å²) in [6, 6.07) is 3.28. The molecule has 0 spiro atoms. The van der Waals surface area contributed by atoms with Gasteiger partial charge in [0.25, 0.3) is 0 Å². The fourth-order valence-corrected chi connectivity index (χ4v) is 1.67. The summed E-state index contributed by atoms with van der Waals surface area (Å²) in [5, 5.41) is 5.28. The van der Waals surface area contributed by atoms with Crippen molar-refractivity contribution >= 4 is 23.2 Å². The van der Waals surface area contributed by atoms with Crippen LogP contribution in [0.1, 0.15) is 13.8 Å². The van der Waals surface area contributed by atoms with Crippen molar-refractivity contribution in [3.8, 4) is 11.5 Å². The number of ether oxygens (including phenoxy) is 2. The average molecular weight is 250 g/mol. The number of carbonyl (C=O) groups excluding carboxylic acids is 2. The summed E-state index contributed by atoms with van der Waals surface area (Å²) < 4.78 is 10.8. The molecule has 1 aromatic rings. The molecule has 0 aliphatic carbocycles. The monoisotopic (exact) mass is 250 g/mol. The zero-order valence-electron chi connectivity index (χ0n) is 10.2. The highest BCUT2D eigenvalue weighted by Gasteiger charge is 2.17. The fraction of sp³-hybridized carbons (Fsp3) is 0.333. The van der Waals surface area contributed by atoms with Gasteiger partial charge in [-0.15, -0.1) is 0 Å². The largest absolute Gasteiger partial charge is 0.486 e. The molecule has 0 saturated heterocycles. The summed E-state index contributed by atoms with van der Waals surface area (Å²) >= 11 is 0. The number of amides is 2. The van der Waals surface area contributed by atoms with Crippen LogP contribution in [0, 0.1) is 0 Å². The minimum atomic E-state index is -0.224. The summed E-state index contributed by atoms with van der Waals surface area (Å²) in [6.45, 7) is 3.72. The van der Waals surface area contributed by atoms with E-state index in [1.54, 1.807) is 12.1 Å². The molecule has 6 nitrogen and oxygen atoms in total. The molecule has 0 fully saturated rings. The Labute approximate surface area is 104 Å². The first-order chi connectivity index (χ1) is 8.56. The molecule has 0 aromatic heterocycles. The van der Waals surface area contributed by atoms with Crippen molar-refractivity contribution in [1.29, 1.82) is 0 Å². The third-order valence-corrected chi connectivity index (χ3v) is 2.30. The average Bonchev–Trinajstić information content (AvgIpc) is 2.28. The highest BCUT2D eigenvalue weighted by atomic mass is 16.6. The highest BCUT2D eigenvalue weighted by molar-refractivity contribution is 5.99. The van der Waals surface area contributed by atoms with Gasteiger partial charge < -0.3 is 20.1 Å². The Morgan fingerprint density at radius 1 is 0.944 bits per heavy atom. The van der Waals surface area contributed by atoms with Crippen LogP contribution in [-0.2, 0) is 9.59 Å². The number of hydrogen-bond acceptors (Lipinski definition) is 4. The Bertz CT molecular complexity index is 454. The smallest absolute Gasteiger partial charge is 0.221 e. The second-order valence-corrected chi connectivity index (χ2v) is 3.90. The topological polar surface area (TPSA) is 76.7 Å². The van der Waals surface area contributed by atoms with Crippen LogP contribution in [-0.4, -0.2) is 25.0 Å². The molecule has 0 radical (unpaired) electrons. The Morgan fingerprint density at radius 2 is 1.33 bits per heavy atom. The van der Waals surface area contributed by atoms with Gasteiger partial charge in [-0.2, -0.15) is 0 Å². The summed E-state index contributed by atoms with van der Waals surface area (Å²) in [4.78, 5) is 22.2. The third kappa shape index (κ3) is 2.71. The van der Waals surface area contributed by atoms with Crippen molar-refractivity contribution < 1.29 is 19.1 Å². The Hall–Kier alpha value is -2.24. The number of rotatable bonds is 2. The zero-order valence-corrected chi connectivity index (χ0v) is 10.2. The highest BCUT2D eigenvalue weighted by Crippen LogP contribution is 2.38. The number of nitrogens with one attached hydrogen (secondary N) is 2. The van der Waals surface area contributed by atoms with Crippen molar-refractivity contribution in [3.63, 3.8) is 0 Å². The van der Waals surface area contributed by atoms with Gasteiger partial charge in [-0.05, 0) is 0 Å². The van der Waals surface area contributed by atoms with Gasteiger partial charge >= 0.3 is 0 Å². The van der Waals surface area contributed by atoms with Gasteiger partial charge in [0.2, 0.25) is 11.8 Å². The lowest BCUT2D eigenvalue weighted by molar-refractivity contribution is -0.115. The van der Waals surface area contributed by atoms with Gasteiger partial charge in [0.05, 0.1) is 11.4 Å². The van der Waals surface area contributed by atoms with Gasteiger partial charge in [-0.25, -0.2) is 0 Å². The minimum absolute atomic E-state index is 0.224. The quantitative estimate of drug-likeness (QED) is 0.831. The van der Waals surface area contributed by atoms with Crippen molar-refractivity contribution in [2.45, 2.75) is 13.8 Å². The first kappa shape index (κ1) is 12.2. The van der Waals surface area contributed by atoms with Crippen LogP contribution in [0.2, 0.25) is 0 Å². The number of carbonyl (C=O) groups is 2. The molecule has 6 heteroatoms. The normalized spacial score (nSPS) is 12.8. The lowest BCUT2D eigenvalue weighted by atomic mass is 10.2. The first-order valence-corrected chi connectivity index (χ1v) is 5.55. The van der Waals surface area contributed by atoms with Crippen LogP contribution in [0.25, 0.3) is 0 Å². The second kappa shape index (κ2) is 4.95. The van der Waals surface area contributed by atoms with Crippen LogP contribution in [0.3, 0.4) is 0 Å².